The maximum Gasteiger partial charge on any atom is 0.417 e. The number of rotatable bonds is 6. The number of pyridine rings is 1. The number of anilines is 3. The summed E-state index contributed by atoms with van der Waals surface area (Å²) in [5.74, 6) is -1.25. The van der Waals surface area contributed by atoms with Crippen LogP contribution in [0, 0.1) is 5.82 Å². The average molecular weight is 562 g/mol. The smallest absolute Gasteiger partial charge is 0.378 e. The Bertz CT molecular complexity index is 1440. The lowest BCUT2D eigenvalue weighted by Crippen LogP contribution is -2.37. The molecule has 2 aliphatic heterocycles. The molecule has 3 N–H and O–H groups in total. The Labute approximate surface area is 226 Å². The zero-order valence-electron chi connectivity index (χ0n) is 21.5. The minimum absolute atomic E-state index is 0.0643. The van der Waals surface area contributed by atoms with E-state index in [1.165, 1.54) is 24.5 Å². The van der Waals surface area contributed by atoms with Gasteiger partial charge in [-0.2, -0.15) is 13.2 Å². The number of likely N-dealkylation sites (N-methyl/N-ethyl adjacent to an activating group) is 1. The molecule has 2 aliphatic rings. The highest BCUT2D eigenvalue weighted by atomic mass is 19.4. The standard InChI is InChI=1S/C26H27F4N7O3/c1-31-16-2-3-37(14-16)22-10-20(27)17(15-11-33-25(34-12-15)36-4-6-40-7-5-36)8-21(22)35-24(39)18-13-32-23(38)9-19(18)26(28,29)30/h8-13,16,31H,2-7,14H2,1H3,(H,32,38)(H,35,39). The van der Waals surface area contributed by atoms with E-state index in [2.05, 4.69) is 25.6 Å². The number of nitrogens with zero attached hydrogens (tertiary/aromatic N) is 4. The fourth-order valence-corrected chi connectivity index (χ4v) is 4.83. The van der Waals surface area contributed by atoms with Crippen molar-refractivity contribution in [3.8, 4) is 11.1 Å². The number of carbonyl (C=O) groups excluding carboxylic acids is 1. The van der Waals surface area contributed by atoms with Gasteiger partial charge < -0.3 is 30.2 Å². The van der Waals surface area contributed by atoms with E-state index in [0.717, 1.165) is 12.6 Å². The molecule has 0 bridgehead atoms. The lowest BCUT2D eigenvalue weighted by atomic mass is 10.0. The monoisotopic (exact) mass is 561 g/mol. The molecule has 3 aromatic rings. The summed E-state index contributed by atoms with van der Waals surface area (Å²) in [6.07, 6.45) is -0.555. The van der Waals surface area contributed by atoms with Crippen LogP contribution in [0.1, 0.15) is 22.3 Å². The number of carbonyl (C=O) groups is 1. The van der Waals surface area contributed by atoms with Gasteiger partial charge in [0.1, 0.15) is 5.82 Å². The summed E-state index contributed by atoms with van der Waals surface area (Å²) in [7, 11) is 1.80. The number of ether oxygens (including phenoxy) is 1. The van der Waals surface area contributed by atoms with Gasteiger partial charge in [-0.05, 0) is 25.6 Å². The summed E-state index contributed by atoms with van der Waals surface area (Å²) in [4.78, 5) is 39.3. The summed E-state index contributed by atoms with van der Waals surface area (Å²) >= 11 is 0. The summed E-state index contributed by atoms with van der Waals surface area (Å²) in [6, 6.07) is 3.05. The minimum Gasteiger partial charge on any atom is -0.378 e. The van der Waals surface area contributed by atoms with E-state index in [9.17, 15) is 22.8 Å². The Morgan fingerprint density at radius 2 is 1.82 bits per heavy atom. The number of benzene rings is 1. The fourth-order valence-electron chi connectivity index (χ4n) is 4.83. The summed E-state index contributed by atoms with van der Waals surface area (Å²) < 4.78 is 61.7. The number of aromatic amines is 1. The van der Waals surface area contributed by atoms with Gasteiger partial charge in [0, 0.05) is 68.0 Å². The predicted molar refractivity (Wildman–Crippen MR) is 140 cm³/mol. The molecule has 1 amide bonds. The highest BCUT2D eigenvalue weighted by molar-refractivity contribution is 6.07. The largest absolute Gasteiger partial charge is 0.417 e. The first kappa shape index (κ1) is 27.5. The van der Waals surface area contributed by atoms with E-state index in [-0.39, 0.29) is 17.3 Å². The van der Waals surface area contributed by atoms with Crippen LogP contribution in [0.25, 0.3) is 11.1 Å². The van der Waals surface area contributed by atoms with Crippen molar-refractivity contribution in [2.75, 3.05) is 61.6 Å². The zero-order chi connectivity index (χ0) is 28.4. The van der Waals surface area contributed by atoms with Gasteiger partial charge in [0.2, 0.25) is 11.5 Å². The van der Waals surface area contributed by atoms with Crippen molar-refractivity contribution in [3.05, 3.63) is 64.1 Å². The molecule has 2 saturated heterocycles. The molecule has 1 unspecified atom stereocenters. The third-order valence-corrected chi connectivity index (χ3v) is 6.99. The van der Waals surface area contributed by atoms with Crippen molar-refractivity contribution in [3.63, 3.8) is 0 Å². The van der Waals surface area contributed by atoms with Gasteiger partial charge in [-0.3, -0.25) is 9.59 Å². The van der Waals surface area contributed by atoms with Crippen LogP contribution in [0.5, 0.6) is 0 Å². The molecule has 4 heterocycles. The molecule has 0 aliphatic carbocycles. The Balaban J connectivity index is 1.52. The van der Waals surface area contributed by atoms with Gasteiger partial charge in [-0.15, -0.1) is 0 Å². The lowest BCUT2D eigenvalue weighted by Gasteiger charge is -2.26. The predicted octanol–water partition coefficient (Wildman–Crippen LogP) is 2.88. The van der Waals surface area contributed by atoms with Crippen molar-refractivity contribution in [1.82, 2.24) is 20.3 Å². The summed E-state index contributed by atoms with van der Waals surface area (Å²) in [5, 5.41) is 5.67. The molecule has 1 aromatic carbocycles. The van der Waals surface area contributed by atoms with Crippen LogP contribution in [-0.4, -0.2) is 73.3 Å². The molecule has 5 rings (SSSR count). The van der Waals surface area contributed by atoms with Gasteiger partial charge in [0.15, 0.2) is 0 Å². The van der Waals surface area contributed by atoms with Crippen LogP contribution in [0.2, 0.25) is 0 Å². The maximum atomic E-state index is 15.5. The number of aromatic nitrogens is 3. The lowest BCUT2D eigenvalue weighted by molar-refractivity contribution is -0.138. The van der Waals surface area contributed by atoms with E-state index in [1.807, 2.05) is 9.80 Å². The molecule has 0 radical (unpaired) electrons. The third kappa shape index (κ3) is 5.77. The molecule has 212 valence electrons. The average Bonchev–Trinajstić information content (AvgIpc) is 3.43. The number of morpholine rings is 1. The van der Waals surface area contributed by atoms with Crippen LogP contribution in [0.4, 0.5) is 34.9 Å². The first-order valence-corrected chi connectivity index (χ1v) is 12.7. The van der Waals surface area contributed by atoms with Crippen molar-refractivity contribution in [2.24, 2.45) is 0 Å². The van der Waals surface area contributed by atoms with Gasteiger partial charge in [0.05, 0.1) is 35.7 Å². The number of hydrogen-bond donors (Lipinski definition) is 3. The van der Waals surface area contributed by atoms with E-state index in [4.69, 9.17) is 4.74 Å². The number of nitrogens with one attached hydrogen (secondary N) is 3. The Morgan fingerprint density at radius 3 is 2.48 bits per heavy atom. The molecule has 0 saturated carbocycles. The second-order valence-corrected chi connectivity index (χ2v) is 9.52. The topological polar surface area (TPSA) is 115 Å². The Hall–Kier alpha value is -4.04. The molecular weight excluding hydrogens is 534 g/mol. The molecule has 2 aromatic heterocycles. The number of amides is 1. The Morgan fingerprint density at radius 1 is 1.10 bits per heavy atom. The number of hydrogen-bond acceptors (Lipinski definition) is 8. The van der Waals surface area contributed by atoms with Gasteiger partial charge in [-0.1, -0.05) is 0 Å². The van der Waals surface area contributed by atoms with Crippen LogP contribution in [0.15, 0.2) is 41.6 Å². The van der Waals surface area contributed by atoms with Crippen molar-refractivity contribution < 1.29 is 27.1 Å². The second-order valence-electron chi connectivity index (χ2n) is 9.52. The molecule has 14 heteroatoms. The van der Waals surface area contributed by atoms with E-state index in [1.54, 1.807) is 7.05 Å². The highest BCUT2D eigenvalue weighted by Crippen LogP contribution is 2.37. The molecule has 0 spiro atoms. The van der Waals surface area contributed by atoms with Crippen molar-refractivity contribution in [1.29, 1.82) is 0 Å². The number of halogens is 4. The van der Waals surface area contributed by atoms with Crippen LogP contribution in [-0.2, 0) is 10.9 Å². The first-order chi connectivity index (χ1) is 19.1. The number of H-pyrrole nitrogens is 1. The quantitative estimate of drug-likeness (QED) is 0.394. The van der Waals surface area contributed by atoms with Gasteiger partial charge in [0.25, 0.3) is 5.91 Å². The molecule has 2 fully saturated rings. The first-order valence-electron chi connectivity index (χ1n) is 12.7. The van der Waals surface area contributed by atoms with Gasteiger partial charge >= 0.3 is 6.18 Å². The summed E-state index contributed by atoms with van der Waals surface area (Å²) in [5.41, 5.74) is -2.33. The van der Waals surface area contributed by atoms with E-state index >= 15 is 4.39 Å². The van der Waals surface area contributed by atoms with E-state index < -0.39 is 34.6 Å². The fraction of sp³-hybridized carbons (Fsp3) is 0.385. The van der Waals surface area contributed by atoms with Crippen LogP contribution < -0.4 is 26.0 Å². The molecule has 40 heavy (non-hydrogen) atoms. The molecule has 10 nitrogen and oxygen atoms in total. The second kappa shape index (κ2) is 11.2. The minimum atomic E-state index is -4.94. The van der Waals surface area contributed by atoms with Gasteiger partial charge in [-0.25, -0.2) is 14.4 Å². The van der Waals surface area contributed by atoms with Crippen LogP contribution in [0.3, 0.4) is 0 Å². The third-order valence-electron chi connectivity index (χ3n) is 6.99. The SMILES string of the molecule is CNC1CCN(c2cc(F)c(-c3cnc(N4CCOCC4)nc3)cc2NC(=O)c2c[nH]c(=O)cc2C(F)(F)F)C1. The Kier molecular flexibility index (Phi) is 7.72. The number of alkyl halides is 3. The normalized spacial score (nSPS) is 17.8. The van der Waals surface area contributed by atoms with Crippen LogP contribution >= 0.6 is 0 Å². The van der Waals surface area contributed by atoms with Crippen molar-refractivity contribution in [2.45, 2.75) is 18.6 Å². The highest BCUT2D eigenvalue weighted by Gasteiger charge is 2.36. The van der Waals surface area contributed by atoms with E-state index in [0.29, 0.717) is 62.7 Å². The zero-order valence-corrected chi connectivity index (χ0v) is 21.5. The summed E-state index contributed by atoms with van der Waals surface area (Å²) in [6.45, 7) is 3.36. The maximum absolute atomic E-state index is 15.5. The van der Waals surface area contributed by atoms with Crippen molar-refractivity contribution >= 4 is 23.2 Å². The molecule has 1 atom stereocenters. The molecular formula is C26H27F4N7O3.